The molecule has 1 aromatic rings. The molecule has 1 N–H and O–H groups in total. The first-order chi connectivity index (χ1) is 8.63. The lowest BCUT2D eigenvalue weighted by Crippen LogP contribution is -2.28. The van der Waals surface area contributed by atoms with Crippen LogP contribution in [0.2, 0.25) is 0 Å². The Morgan fingerprint density at radius 2 is 2.17 bits per heavy atom. The molecule has 0 aliphatic carbocycles. The van der Waals surface area contributed by atoms with E-state index in [2.05, 4.69) is 10.2 Å². The lowest BCUT2D eigenvalue weighted by molar-refractivity contribution is 0.0992. The summed E-state index contributed by atoms with van der Waals surface area (Å²) < 4.78 is 26.0. The number of benzene rings is 1. The zero-order chi connectivity index (χ0) is 13.1. The summed E-state index contributed by atoms with van der Waals surface area (Å²) in [6, 6.07) is 4.87. The Morgan fingerprint density at radius 1 is 1.39 bits per heavy atom. The molecule has 0 saturated heterocycles. The van der Waals surface area contributed by atoms with Crippen molar-refractivity contribution in [1.29, 1.82) is 0 Å². The highest BCUT2D eigenvalue weighted by atomic mass is 19.3. The monoisotopic (exact) mass is 254 g/mol. The van der Waals surface area contributed by atoms with Crippen molar-refractivity contribution in [2.45, 2.75) is 32.2 Å². The maximum atomic E-state index is 13.0. The first kappa shape index (κ1) is 13.3. The van der Waals surface area contributed by atoms with Crippen molar-refractivity contribution in [2.75, 3.05) is 25.0 Å². The fourth-order valence-corrected chi connectivity index (χ4v) is 2.57. The maximum Gasteiger partial charge on any atom is 0.257 e. The van der Waals surface area contributed by atoms with E-state index in [9.17, 15) is 8.78 Å². The Balaban J connectivity index is 2.29. The standard InChI is InChI=1S/C14H20F2N2/c1-3-17-13(14(15)16)11-6-7-12-10(9-11)5-4-8-18(12)2/h6-7,9,13-14,17H,3-5,8H2,1-2H3. The summed E-state index contributed by atoms with van der Waals surface area (Å²) in [5.74, 6) is 0. The van der Waals surface area contributed by atoms with E-state index in [1.54, 1.807) is 0 Å². The Bertz CT molecular complexity index is 407. The van der Waals surface area contributed by atoms with Gasteiger partial charge in [0.15, 0.2) is 0 Å². The molecule has 0 bridgehead atoms. The zero-order valence-electron chi connectivity index (χ0n) is 10.9. The smallest absolute Gasteiger partial charge is 0.257 e. The molecule has 2 rings (SSSR count). The van der Waals surface area contributed by atoms with Gasteiger partial charge in [0.2, 0.25) is 0 Å². The number of anilines is 1. The van der Waals surface area contributed by atoms with E-state index in [-0.39, 0.29) is 0 Å². The second-order valence-electron chi connectivity index (χ2n) is 4.78. The SMILES string of the molecule is CCNC(c1ccc2c(c1)CCCN2C)C(F)F. The second-order valence-corrected chi connectivity index (χ2v) is 4.78. The van der Waals surface area contributed by atoms with Crippen LogP contribution in [0.15, 0.2) is 18.2 Å². The first-order valence-electron chi connectivity index (χ1n) is 6.49. The minimum atomic E-state index is -2.37. The van der Waals surface area contributed by atoms with Crippen LogP contribution in [-0.2, 0) is 6.42 Å². The largest absolute Gasteiger partial charge is 0.374 e. The van der Waals surface area contributed by atoms with Gasteiger partial charge in [0.05, 0.1) is 6.04 Å². The summed E-state index contributed by atoms with van der Waals surface area (Å²) in [5, 5.41) is 2.85. The van der Waals surface area contributed by atoms with Crippen molar-refractivity contribution in [3.05, 3.63) is 29.3 Å². The molecule has 0 aromatic heterocycles. The van der Waals surface area contributed by atoms with Crippen molar-refractivity contribution in [3.63, 3.8) is 0 Å². The van der Waals surface area contributed by atoms with Crippen LogP contribution in [0.4, 0.5) is 14.5 Å². The van der Waals surface area contributed by atoms with Gasteiger partial charge in [-0.15, -0.1) is 0 Å². The summed E-state index contributed by atoms with van der Waals surface area (Å²) in [7, 11) is 2.05. The number of nitrogens with zero attached hydrogens (tertiary/aromatic N) is 1. The van der Waals surface area contributed by atoms with Gasteiger partial charge in [0.25, 0.3) is 6.43 Å². The quantitative estimate of drug-likeness (QED) is 0.888. The minimum absolute atomic E-state index is 0.548. The summed E-state index contributed by atoms with van der Waals surface area (Å²) >= 11 is 0. The predicted octanol–water partition coefficient (Wildman–Crippen LogP) is 2.98. The molecule has 1 atom stereocenters. The van der Waals surface area contributed by atoms with Crippen LogP contribution in [0.25, 0.3) is 0 Å². The normalized spacial score (nSPS) is 16.8. The summed E-state index contributed by atoms with van der Waals surface area (Å²) in [6.07, 6.45) is -0.298. The number of rotatable bonds is 4. The van der Waals surface area contributed by atoms with E-state index < -0.39 is 12.5 Å². The molecule has 0 spiro atoms. The number of fused-ring (bicyclic) bond motifs is 1. The number of nitrogens with one attached hydrogen (secondary N) is 1. The Labute approximate surface area is 107 Å². The fraction of sp³-hybridized carbons (Fsp3) is 0.571. The van der Waals surface area contributed by atoms with Crippen molar-refractivity contribution in [2.24, 2.45) is 0 Å². The van der Waals surface area contributed by atoms with Crippen LogP contribution in [0.5, 0.6) is 0 Å². The van der Waals surface area contributed by atoms with Crippen LogP contribution in [0.1, 0.15) is 30.5 Å². The molecule has 1 unspecified atom stereocenters. The molecule has 0 radical (unpaired) electrons. The molecule has 100 valence electrons. The van der Waals surface area contributed by atoms with Gasteiger partial charge in [-0.2, -0.15) is 0 Å². The van der Waals surface area contributed by atoms with E-state index >= 15 is 0 Å². The van der Waals surface area contributed by atoms with E-state index in [1.165, 1.54) is 11.3 Å². The van der Waals surface area contributed by atoms with E-state index in [0.29, 0.717) is 12.1 Å². The van der Waals surface area contributed by atoms with Crippen LogP contribution < -0.4 is 10.2 Å². The molecular formula is C14H20F2N2. The van der Waals surface area contributed by atoms with Gasteiger partial charge in [0.1, 0.15) is 0 Å². The summed E-state index contributed by atoms with van der Waals surface area (Å²) in [4.78, 5) is 2.19. The van der Waals surface area contributed by atoms with Crippen LogP contribution in [0.3, 0.4) is 0 Å². The topological polar surface area (TPSA) is 15.3 Å². The lowest BCUT2D eigenvalue weighted by atomic mass is 9.96. The van der Waals surface area contributed by atoms with Gasteiger partial charge in [-0.25, -0.2) is 8.78 Å². The summed E-state index contributed by atoms with van der Waals surface area (Å²) in [5.41, 5.74) is 3.06. The molecule has 1 heterocycles. The van der Waals surface area contributed by atoms with E-state index in [1.807, 2.05) is 32.2 Å². The third kappa shape index (κ3) is 2.64. The van der Waals surface area contributed by atoms with Gasteiger partial charge in [-0.05, 0) is 36.6 Å². The fourth-order valence-electron chi connectivity index (χ4n) is 2.57. The van der Waals surface area contributed by atoms with Crippen molar-refractivity contribution in [3.8, 4) is 0 Å². The first-order valence-corrected chi connectivity index (χ1v) is 6.49. The van der Waals surface area contributed by atoms with Crippen molar-refractivity contribution >= 4 is 5.69 Å². The molecule has 0 amide bonds. The third-order valence-electron chi connectivity index (χ3n) is 3.49. The van der Waals surface area contributed by atoms with Gasteiger partial charge < -0.3 is 10.2 Å². The predicted molar refractivity (Wildman–Crippen MR) is 70.5 cm³/mol. The van der Waals surface area contributed by atoms with Crippen LogP contribution in [-0.4, -0.2) is 26.6 Å². The molecule has 1 aliphatic heterocycles. The lowest BCUT2D eigenvalue weighted by Gasteiger charge is -2.29. The van der Waals surface area contributed by atoms with Gasteiger partial charge in [0, 0.05) is 19.3 Å². The molecule has 0 saturated carbocycles. The molecule has 1 aromatic carbocycles. The zero-order valence-corrected chi connectivity index (χ0v) is 10.9. The highest BCUT2D eigenvalue weighted by Gasteiger charge is 2.23. The number of halogens is 2. The number of alkyl halides is 2. The number of hydrogen-bond acceptors (Lipinski definition) is 2. The number of hydrogen-bond donors (Lipinski definition) is 1. The van der Waals surface area contributed by atoms with Crippen molar-refractivity contribution < 1.29 is 8.78 Å². The molecule has 1 aliphatic rings. The molecule has 0 fully saturated rings. The Hall–Kier alpha value is -1.16. The molecule has 18 heavy (non-hydrogen) atoms. The Morgan fingerprint density at radius 3 is 2.83 bits per heavy atom. The van der Waals surface area contributed by atoms with E-state index in [0.717, 1.165) is 19.4 Å². The molecule has 4 heteroatoms. The van der Waals surface area contributed by atoms with Crippen LogP contribution >= 0.6 is 0 Å². The number of aryl methyl sites for hydroxylation is 1. The average molecular weight is 254 g/mol. The van der Waals surface area contributed by atoms with Crippen LogP contribution in [0, 0.1) is 0 Å². The summed E-state index contributed by atoms with van der Waals surface area (Å²) in [6.45, 7) is 3.44. The average Bonchev–Trinajstić information content (AvgIpc) is 2.35. The third-order valence-corrected chi connectivity index (χ3v) is 3.49. The second kappa shape index (κ2) is 5.65. The van der Waals surface area contributed by atoms with Crippen molar-refractivity contribution in [1.82, 2.24) is 5.32 Å². The Kier molecular flexibility index (Phi) is 4.17. The molecular weight excluding hydrogens is 234 g/mol. The molecule has 2 nitrogen and oxygen atoms in total. The maximum absolute atomic E-state index is 13.0. The van der Waals surface area contributed by atoms with E-state index in [4.69, 9.17) is 0 Å². The van der Waals surface area contributed by atoms with Gasteiger partial charge in [-0.3, -0.25) is 0 Å². The van der Waals surface area contributed by atoms with Gasteiger partial charge in [-0.1, -0.05) is 19.1 Å². The highest BCUT2D eigenvalue weighted by molar-refractivity contribution is 5.56. The minimum Gasteiger partial charge on any atom is -0.374 e. The highest BCUT2D eigenvalue weighted by Crippen LogP contribution is 2.30. The van der Waals surface area contributed by atoms with Gasteiger partial charge >= 0.3 is 0 Å².